The lowest BCUT2D eigenvalue weighted by molar-refractivity contribution is 0.0609. The first kappa shape index (κ1) is 14.7. The Kier molecular flexibility index (Phi) is 4.45. The van der Waals surface area contributed by atoms with Gasteiger partial charge in [0, 0.05) is 32.7 Å². The average molecular weight is 301 g/mol. The van der Waals surface area contributed by atoms with E-state index >= 15 is 0 Å². The molecule has 1 aromatic carbocycles. The Morgan fingerprint density at radius 3 is 2.55 bits per heavy atom. The van der Waals surface area contributed by atoms with Gasteiger partial charge >= 0.3 is 0 Å². The van der Waals surface area contributed by atoms with Crippen LogP contribution in [0.15, 0.2) is 36.5 Å². The van der Waals surface area contributed by atoms with E-state index in [1.54, 1.807) is 4.90 Å². The van der Waals surface area contributed by atoms with Crippen molar-refractivity contribution in [1.29, 1.82) is 0 Å². The third-order valence-corrected chi connectivity index (χ3v) is 3.77. The van der Waals surface area contributed by atoms with Crippen LogP contribution in [-0.2, 0) is 0 Å². The molecule has 0 saturated carbocycles. The molecule has 1 aromatic heterocycles. The highest BCUT2D eigenvalue weighted by molar-refractivity contribution is 5.92. The van der Waals surface area contributed by atoms with Crippen molar-refractivity contribution in [3.05, 3.63) is 42.2 Å². The Balaban J connectivity index is 1.65. The van der Waals surface area contributed by atoms with E-state index in [1.165, 1.54) is 11.0 Å². The zero-order valence-corrected chi connectivity index (χ0v) is 12.3. The topological polar surface area (TPSA) is 74.5 Å². The van der Waals surface area contributed by atoms with Crippen LogP contribution >= 0.6 is 0 Å². The fourth-order valence-electron chi connectivity index (χ4n) is 2.52. The number of β-amino-alcohol motifs (C(OH)–C–C–N with tert-alkyl or cyclic N) is 1. The maximum Gasteiger partial charge on any atom is 0.276 e. The molecular formula is C15H19N5O2. The van der Waals surface area contributed by atoms with Gasteiger partial charge in [-0.05, 0) is 12.1 Å². The SMILES string of the molecule is O=C(c1cnn(-c2ccccc2)n1)N1CCN(CCO)CC1. The van der Waals surface area contributed by atoms with Crippen LogP contribution < -0.4 is 0 Å². The summed E-state index contributed by atoms with van der Waals surface area (Å²) in [6.45, 7) is 3.66. The molecule has 2 heterocycles. The fraction of sp³-hybridized carbons (Fsp3) is 0.400. The second-order valence-corrected chi connectivity index (χ2v) is 5.21. The molecule has 0 spiro atoms. The van der Waals surface area contributed by atoms with Gasteiger partial charge in [0.05, 0.1) is 18.5 Å². The first-order valence-corrected chi connectivity index (χ1v) is 7.38. The summed E-state index contributed by atoms with van der Waals surface area (Å²) in [5.41, 5.74) is 1.19. The summed E-state index contributed by atoms with van der Waals surface area (Å²) < 4.78 is 0. The molecular weight excluding hydrogens is 282 g/mol. The number of nitrogens with zero attached hydrogens (tertiary/aromatic N) is 5. The van der Waals surface area contributed by atoms with E-state index in [9.17, 15) is 4.79 Å². The van der Waals surface area contributed by atoms with Gasteiger partial charge in [-0.25, -0.2) is 0 Å². The summed E-state index contributed by atoms with van der Waals surface area (Å²) in [6.07, 6.45) is 1.51. The number of amides is 1. The van der Waals surface area contributed by atoms with Crippen LogP contribution in [0.3, 0.4) is 0 Å². The normalized spacial score (nSPS) is 16.0. The monoisotopic (exact) mass is 301 g/mol. The van der Waals surface area contributed by atoms with Crippen molar-refractivity contribution in [2.75, 3.05) is 39.3 Å². The lowest BCUT2D eigenvalue weighted by Crippen LogP contribution is -2.49. The molecule has 0 radical (unpaired) electrons. The lowest BCUT2D eigenvalue weighted by Gasteiger charge is -2.33. The van der Waals surface area contributed by atoms with Gasteiger partial charge < -0.3 is 10.0 Å². The molecule has 3 rings (SSSR count). The maximum atomic E-state index is 12.5. The van der Waals surface area contributed by atoms with Crippen molar-refractivity contribution >= 4 is 5.91 Å². The number of aliphatic hydroxyl groups excluding tert-OH is 1. The Morgan fingerprint density at radius 1 is 1.14 bits per heavy atom. The lowest BCUT2D eigenvalue weighted by atomic mass is 10.3. The molecule has 7 nitrogen and oxygen atoms in total. The Morgan fingerprint density at radius 2 is 1.86 bits per heavy atom. The number of aliphatic hydroxyl groups is 1. The third kappa shape index (κ3) is 3.15. The van der Waals surface area contributed by atoms with Gasteiger partial charge in [-0.3, -0.25) is 9.69 Å². The molecule has 1 amide bonds. The highest BCUT2D eigenvalue weighted by Gasteiger charge is 2.23. The van der Waals surface area contributed by atoms with Crippen LogP contribution in [0, 0.1) is 0 Å². The van der Waals surface area contributed by atoms with Gasteiger partial charge in [0.1, 0.15) is 0 Å². The van der Waals surface area contributed by atoms with E-state index in [1.807, 2.05) is 30.3 Å². The third-order valence-electron chi connectivity index (χ3n) is 3.77. The quantitative estimate of drug-likeness (QED) is 0.861. The molecule has 1 N–H and O–H groups in total. The largest absolute Gasteiger partial charge is 0.395 e. The summed E-state index contributed by atoms with van der Waals surface area (Å²) in [7, 11) is 0. The zero-order valence-electron chi connectivity index (χ0n) is 12.3. The maximum absolute atomic E-state index is 12.5. The van der Waals surface area contributed by atoms with Crippen molar-refractivity contribution < 1.29 is 9.90 Å². The van der Waals surface area contributed by atoms with Crippen LogP contribution in [0.2, 0.25) is 0 Å². The number of hydrogen-bond donors (Lipinski definition) is 1. The predicted octanol–water partition coefficient (Wildman–Crippen LogP) is 0.0174. The fourth-order valence-corrected chi connectivity index (χ4v) is 2.52. The van der Waals surface area contributed by atoms with Crippen LogP contribution in [0.5, 0.6) is 0 Å². The number of aromatic nitrogens is 3. The Hall–Kier alpha value is -2.25. The van der Waals surface area contributed by atoms with E-state index < -0.39 is 0 Å². The highest BCUT2D eigenvalue weighted by Crippen LogP contribution is 2.08. The van der Waals surface area contributed by atoms with Crippen LogP contribution in [0.25, 0.3) is 5.69 Å². The highest BCUT2D eigenvalue weighted by atomic mass is 16.3. The van der Waals surface area contributed by atoms with Crippen LogP contribution in [0.4, 0.5) is 0 Å². The van der Waals surface area contributed by atoms with E-state index in [4.69, 9.17) is 5.11 Å². The predicted molar refractivity (Wildman–Crippen MR) is 80.8 cm³/mol. The molecule has 0 bridgehead atoms. The number of carbonyl (C=O) groups is 1. The molecule has 7 heteroatoms. The number of benzene rings is 1. The Bertz CT molecular complexity index is 620. The van der Waals surface area contributed by atoms with E-state index in [2.05, 4.69) is 15.1 Å². The number of hydrogen-bond acceptors (Lipinski definition) is 5. The summed E-state index contributed by atoms with van der Waals surface area (Å²) in [5.74, 6) is -0.0918. The molecule has 0 atom stereocenters. The molecule has 0 unspecified atom stereocenters. The van der Waals surface area contributed by atoms with Gasteiger partial charge in [-0.1, -0.05) is 18.2 Å². The minimum Gasteiger partial charge on any atom is -0.395 e. The summed E-state index contributed by atoms with van der Waals surface area (Å²) >= 11 is 0. The number of carbonyl (C=O) groups excluding carboxylic acids is 1. The zero-order chi connectivity index (χ0) is 15.4. The molecule has 0 aliphatic carbocycles. The molecule has 116 valence electrons. The van der Waals surface area contributed by atoms with Crippen molar-refractivity contribution in [3.63, 3.8) is 0 Å². The second-order valence-electron chi connectivity index (χ2n) is 5.21. The minimum atomic E-state index is -0.0918. The first-order chi connectivity index (χ1) is 10.8. The average Bonchev–Trinajstić information content (AvgIpc) is 3.06. The van der Waals surface area contributed by atoms with Gasteiger partial charge in [0.25, 0.3) is 5.91 Å². The molecule has 1 saturated heterocycles. The summed E-state index contributed by atoms with van der Waals surface area (Å²) in [5, 5.41) is 17.4. The van der Waals surface area contributed by atoms with Crippen LogP contribution in [0.1, 0.15) is 10.5 Å². The number of para-hydroxylation sites is 1. The number of rotatable bonds is 4. The van der Waals surface area contributed by atoms with Gasteiger partial charge in [0.15, 0.2) is 5.69 Å². The van der Waals surface area contributed by atoms with Gasteiger partial charge in [-0.2, -0.15) is 9.90 Å². The van der Waals surface area contributed by atoms with Crippen molar-refractivity contribution in [3.8, 4) is 5.69 Å². The summed E-state index contributed by atoms with van der Waals surface area (Å²) in [4.78, 5) is 17.8. The van der Waals surface area contributed by atoms with Crippen molar-refractivity contribution in [2.45, 2.75) is 0 Å². The van der Waals surface area contributed by atoms with E-state index in [0.717, 1.165) is 18.8 Å². The molecule has 2 aromatic rings. The van der Waals surface area contributed by atoms with Gasteiger partial charge in [0.2, 0.25) is 0 Å². The second kappa shape index (κ2) is 6.67. The van der Waals surface area contributed by atoms with E-state index in [-0.39, 0.29) is 12.5 Å². The summed E-state index contributed by atoms with van der Waals surface area (Å²) in [6, 6.07) is 9.51. The standard InChI is InChI=1S/C15H19N5O2/c21-11-10-18-6-8-19(9-7-18)15(22)14-12-16-20(17-14)13-4-2-1-3-5-13/h1-5,12,21H,6-11H2. The van der Waals surface area contributed by atoms with Gasteiger partial charge in [-0.15, -0.1) is 5.10 Å². The minimum absolute atomic E-state index is 0.0918. The van der Waals surface area contributed by atoms with Crippen LogP contribution in [-0.4, -0.2) is 75.1 Å². The first-order valence-electron chi connectivity index (χ1n) is 7.38. The van der Waals surface area contributed by atoms with Crippen molar-refractivity contribution in [1.82, 2.24) is 24.8 Å². The molecule has 1 aliphatic heterocycles. The molecule has 1 aliphatic rings. The number of piperazine rings is 1. The van der Waals surface area contributed by atoms with E-state index in [0.29, 0.717) is 25.3 Å². The smallest absolute Gasteiger partial charge is 0.276 e. The molecule has 22 heavy (non-hydrogen) atoms. The molecule has 1 fully saturated rings. The van der Waals surface area contributed by atoms with Crippen molar-refractivity contribution in [2.24, 2.45) is 0 Å². The Labute approximate surface area is 128 Å².